The van der Waals surface area contributed by atoms with Crippen molar-refractivity contribution in [3.8, 4) is 5.75 Å². The quantitative estimate of drug-likeness (QED) is 0.515. The fraction of sp³-hybridized carbons (Fsp3) is 0.421. The molecule has 1 unspecified atom stereocenters. The van der Waals surface area contributed by atoms with Crippen molar-refractivity contribution in [2.45, 2.75) is 32.7 Å². The lowest BCUT2D eigenvalue weighted by molar-refractivity contribution is -0.143. The molecular weight excluding hydrogens is 368 g/mol. The van der Waals surface area contributed by atoms with Crippen molar-refractivity contribution in [3.05, 3.63) is 41.1 Å². The fourth-order valence-corrected chi connectivity index (χ4v) is 2.99. The van der Waals surface area contributed by atoms with E-state index in [0.29, 0.717) is 22.9 Å². The first kappa shape index (κ1) is 20.7. The van der Waals surface area contributed by atoms with Crippen LogP contribution in [0.25, 0.3) is 0 Å². The van der Waals surface area contributed by atoms with Crippen LogP contribution in [-0.2, 0) is 19.1 Å². The van der Waals surface area contributed by atoms with Crippen molar-refractivity contribution < 1.29 is 23.8 Å². The highest BCUT2D eigenvalue weighted by Gasteiger charge is 2.32. The molecular formula is C19H24N2O5S. The molecule has 1 atom stereocenters. The average Bonchev–Trinajstić information content (AvgIpc) is 2.66. The Balaban J connectivity index is 2.37. The van der Waals surface area contributed by atoms with Crippen LogP contribution in [0, 0.1) is 0 Å². The second-order valence-electron chi connectivity index (χ2n) is 5.83. The largest absolute Gasteiger partial charge is 0.482 e. The molecule has 0 aromatic heterocycles. The summed E-state index contributed by atoms with van der Waals surface area (Å²) < 4.78 is 15.3. The van der Waals surface area contributed by atoms with Gasteiger partial charge >= 0.3 is 11.9 Å². The molecule has 146 valence electrons. The van der Waals surface area contributed by atoms with E-state index in [-0.39, 0.29) is 13.2 Å². The second-order valence-corrected chi connectivity index (χ2v) is 6.24. The Hall–Kier alpha value is -2.61. The number of carbonyl (C=O) groups excluding carboxylic acids is 2. The van der Waals surface area contributed by atoms with Crippen LogP contribution in [0.5, 0.6) is 5.75 Å². The van der Waals surface area contributed by atoms with Gasteiger partial charge in [-0.1, -0.05) is 25.5 Å². The predicted octanol–water partition coefficient (Wildman–Crippen LogP) is 2.37. The lowest BCUT2D eigenvalue weighted by atomic mass is 9.94. The van der Waals surface area contributed by atoms with Crippen molar-refractivity contribution in [3.63, 3.8) is 0 Å². The van der Waals surface area contributed by atoms with Crippen molar-refractivity contribution in [2.75, 3.05) is 20.3 Å². The second kappa shape index (κ2) is 9.91. The van der Waals surface area contributed by atoms with E-state index < -0.39 is 18.0 Å². The van der Waals surface area contributed by atoms with Gasteiger partial charge in [0.25, 0.3) is 0 Å². The third-order valence-electron chi connectivity index (χ3n) is 3.92. The molecule has 2 N–H and O–H groups in total. The molecule has 0 aliphatic carbocycles. The number of carbonyl (C=O) groups is 2. The average molecular weight is 392 g/mol. The first-order chi connectivity index (χ1) is 13.0. The summed E-state index contributed by atoms with van der Waals surface area (Å²) >= 11 is 5.31. The van der Waals surface area contributed by atoms with Crippen LogP contribution < -0.4 is 15.4 Å². The van der Waals surface area contributed by atoms with E-state index in [9.17, 15) is 9.59 Å². The van der Waals surface area contributed by atoms with Gasteiger partial charge in [-0.15, -0.1) is 0 Å². The molecule has 0 bridgehead atoms. The maximum Gasteiger partial charge on any atom is 0.343 e. The van der Waals surface area contributed by atoms with Crippen LogP contribution in [0.1, 0.15) is 38.3 Å². The monoisotopic (exact) mass is 392 g/mol. The predicted molar refractivity (Wildman–Crippen MR) is 104 cm³/mol. The minimum atomic E-state index is -0.473. The summed E-state index contributed by atoms with van der Waals surface area (Å²) in [7, 11) is 1.30. The van der Waals surface area contributed by atoms with Gasteiger partial charge in [-0.25, -0.2) is 9.59 Å². The van der Waals surface area contributed by atoms with Gasteiger partial charge in [-0.05, 0) is 43.3 Å². The van der Waals surface area contributed by atoms with Gasteiger partial charge in [0.1, 0.15) is 5.75 Å². The van der Waals surface area contributed by atoms with Crippen LogP contribution in [-0.4, -0.2) is 37.4 Å². The van der Waals surface area contributed by atoms with Gasteiger partial charge in [0.2, 0.25) is 0 Å². The third kappa shape index (κ3) is 5.43. The molecule has 1 heterocycles. The molecule has 0 saturated carbocycles. The maximum atomic E-state index is 12.6. The molecule has 0 radical (unpaired) electrons. The van der Waals surface area contributed by atoms with Crippen LogP contribution in [0.15, 0.2) is 35.5 Å². The van der Waals surface area contributed by atoms with Crippen LogP contribution in [0.2, 0.25) is 0 Å². The smallest absolute Gasteiger partial charge is 0.343 e. The minimum Gasteiger partial charge on any atom is -0.482 e. The highest BCUT2D eigenvalue weighted by Crippen LogP contribution is 2.31. The zero-order valence-electron chi connectivity index (χ0n) is 15.7. The lowest BCUT2D eigenvalue weighted by Crippen LogP contribution is -2.45. The molecule has 0 saturated heterocycles. The lowest BCUT2D eigenvalue weighted by Gasteiger charge is -2.31. The summed E-state index contributed by atoms with van der Waals surface area (Å²) in [6, 6.07) is 6.67. The zero-order valence-corrected chi connectivity index (χ0v) is 16.5. The van der Waals surface area contributed by atoms with E-state index in [1.54, 1.807) is 25.1 Å². The molecule has 0 fully saturated rings. The molecule has 0 spiro atoms. The van der Waals surface area contributed by atoms with Crippen LogP contribution >= 0.6 is 12.2 Å². The van der Waals surface area contributed by atoms with Gasteiger partial charge in [-0.3, -0.25) is 0 Å². The number of benzene rings is 1. The summed E-state index contributed by atoms with van der Waals surface area (Å²) in [5.74, 6) is -0.377. The Kier molecular flexibility index (Phi) is 7.60. The standard InChI is InChI=1S/C19H24N2O5S/c1-4-7-14-16(18(23)25-5-2)17(21-19(27)20-14)12-8-6-9-13(10-12)26-11-15(22)24-3/h6,8-10,17H,4-5,7,11H2,1-3H3,(H2,20,21,27). The molecule has 27 heavy (non-hydrogen) atoms. The number of hydrogen-bond donors (Lipinski definition) is 2. The summed E-state index contributed by atoms with van der Waals surface area (Å²) in [6.45, 7) is 3.88. The number of allylic oxidation sites excluding steroid dienone is 1. The van der Waals surface area contributed by atoms with Crippen LogP contribution in [0.3, 0.4) is 0 Å². The number of methoxy groups -OCH3 is 1. The fourth-order valence-electron chi connectivity index (χ4n) is 2.75. The summed E-state index contributed by atoms with van der Waals surface area (Å²) in [5, 5.41) is 6.65. The minimum absolute atomic E-state index is 0.195. The zero-order chi connectivity index (χ0) is 19.8. The first-order valence-electron chi connectivity index (χ1n) is 8.77. The SMILES string of the molecule is CCCC1=C(C(=O)OCC)C(c2cccc(OCC(=O)OC)c2)NC(=S)N1. The van der Waals surface area contributed by atoms with Crippen molar-refractivity contribution in [1.29, 1.82) is 0 Å². The number of nitrogens with one attached hydrogen (secondary N) is 2. The van der Waals surface area contributed by atoms with Crippen molar-refractivity contribution >= 4 is 29.3 Å². The molecule has 1 aliphatic rings. The van der Waals surface area contributed by atoms with Gasteiger partial charge in [0.15, 0.2) is 11.7 Å². The number of ether oxygens (including phenoxy) is 3. The Morgan fingerprint density at radius 3 is 2.70 bits per heavy atom. The highest BCUT2D eigenvalue weighted by molar-refractivity contribution is 7.80. The Morgan fingerprint density at radius 2 is 2.04 bits per heavy atom. The van der Waals surface area contributed by atoms with Crippen molar-refractivity contribution in [1.82, 2.24) is 10.6 Å². The number of thiocarbonyl (C=S) groups is 1. The molecule has 8 heteroatoms. The molecule has 7 nitrogen and oxygen atoms in total. The van der Waals surface area contributed by atoms with E-state index >= 15 is 0 Å². The van der Waals surface area contributed by atoms with E-state index in [4.69, 9.17) is 21.7 Å². The van der Waals surface area contributed by atoms with Crippen molar-refractivity contribution in [2.24, 2.45) is 0 Å². The number of rotatable bonds is 8. The van der Waals surface area contributed by atoms with Gasteiger partial charge in [0, 0.05) is 5.70 Å². The molecule has 0 amide bonds. The Morgan fingerprint density at radius 1 is 1.26 bits per heavy atom. The first-order valence-corrected chi connectivity index (χ1v) is 9.18. The molecule has 1 aliphatic heterocycles. The highest BCUT2D eigenvalue weighted by atomic mass is 32.1. The topological polar surface area (TPSA) is 85.9 Å². The van der Waals surface area contributed by atoms with Gasteiger partial charge in [-0.2, -0.15) is 0 Å². The van der Waals surface area contributed by atoms with E-state index in [0.717, 1.165) is 17.7 Å². The molecule has 2 rings (SSSR count). The maximum absolute atomic E-state index is 12.6. The van der Waals surface area contributed by atoms with E-state index in [2.05, 4.69) is 15.4 Å². The molecule has 1 aromatic carbocycles. The van der Waals surface area contributed by atoms with Gasteiger partial charge < -0.3 is 24.8 Å². The Labute approximate surface area is 164 Å². The summed E-state index contributed by atoms with van der Waals surface area (Å²) in [5.41, 5.74) is 2.03. The number of hydrogen-bond acceptors (Lipinski definition) is 6. The van der Waals surface area contributed by atoms with E-state index in [1.165, 1.54) is 7.11 Å². The van der Waals surface area contributed by atoms with Gasteiger partial charge in [0.05, 0.1) is 25.3 Å². The van der Waals surface area contributed by atoms with Crippen LogP contribution in [0.4, 0.5) is 0 Å². The Bertz CT molecular complexity index is 747. The normalized spacial score (nSPS) is 16.3. The summed E-state index contributed by atoms with van der Waals surface area (Å²) in [6.07, 6.45) is 1.52. The van der Waals surface area contributed by atoms with E-state index in [1.807, 2.05) is 13.0 Å². The third-order valence-corrected chi connectivity index (χ3v) is 4.14. The molecule has 1 aromatic rings. The number of esters is 2. The summed E-state index contributed by atoms with van der Waals surface area (Å²) in [4.78, 5) is 23.9.